The Morgan fingerprint density at radius 1 is 0.929 bits per heavy atom. The van der Waals surface area contributed by atoms with Crippen molar-refractivity contribution < 1.29 is 10.2 Å². The summed E-state index contributed by atoms with van der Waals surface area (Å²) in [4.78, 5) is 0. The molecule has 0 spiro atoms. The number of aromatic hydroxyl groups is 1. The van der Waals surface area contributed by atoms with Gasteiger partial charge < -0.3 is 10.2 Å². The third-order valence-electron chi connectivity index (χ3n) is 5.44. The number of hydrogen-bond acceptors (Lipinski definition) is 2. The smallest absolute Gasteiger partial charge is 0.119 e. The van der Waals surface area contributed by atoms with Crippen LogP contribution < -0.4 is 5.30 Å². The summed E-state index contributed by atoms with van der Waals surface area (Å²) < 4.78 is 0. The van der Waals surface area contributed by atoms with Crippen molar-refractivity contribution in [3.05, 3.63) is 95.1 Å². The highest BCUT2D eigenvalue weighted by atomic mass is 31.1. The van der Waals surface area contributed by atoms with E-state index < -0.39 is 6.10 Å². The second-order valence-corrected chi connectivity index (χ2v) is 9.48. The van der Waals surface area contributed by atoms with E-state index in [0.717, 1.165) is 29.3 Å². The molecule has 3 aromatic rings. The molecule has 0 aromatic heterocycles. The lowest BCUT2D eigenvalue weighted by atomic mass is 9.93. The first kappa shape index (κ1) is 20.6. The molecule has 3 heteroatoms. The topological polar surface area (TPSA) is 40.5 Å². The third kappa shape index (κ3) is 4.63. The van der Waals surface area contributed by atoms with Crippen molar-refractivity contribution in [2.45, 2.75) is 44.9 Å². The molecule has 146 valence electrons. The Balaban J connectivity index is 1.96. The van der Waals surface area contributed by atoms with Crippen LogP contribution in [0.1, 0.15) is 55.5 Å². The van der Waals surface area contributed by atoms with Crippen molar-refractivity contribution in [2.24, 2.45) is 0 Å². The summed E-state index contributed by atoms with van der Waals surface area (Å²) in [6, 6.07) is 24.5. The molecule has 0 saturated carbocycles. The van der Waals surface area contributed by atoms with Crippen molar-refractivity contribution in [2.75, 3.05) is 0 Å². The standard InChI is InChI=1S/C25H29O2P/c1-4-25(3,28-24-13-9-8-12-21(24)18(2)26)22-17-20(14-15-23(22)27)16-19-10-6-5-7-11-19/h5-15,17-18,26-28H,4,16H2,1-3H3. The number of aliphatic hydroxyl groups is 1. The molecular weight excluding hydrogens is 363 g/mol. The van der Waals surface area contributed by atoms with Crippen LogP contribution in [-0.4, -0.2) is 10.2 Å². The number of benzene rings is 3. The highest BCUT2D eigenvalue weighted by molar-refractivity contribution is 7.48. The Kier molecular flexibility index (Phi) is 6.54. The minimum atomic E-state index is -0.497. The summed E-state index contributed by atoms with van der Waals surface area (Å²) in [6.45, 7) is 6.19. The van der Waals surface area contributed by atoms with E-state index in [1.54, 1.807) is 0 Å². The molecule has 3 unspecified atom stereocenters. The van der Waals surface area contributed by atoms with E-state index in [-0.39, 0.29) is 5.16 Å². The van der Waals surface area contributed by atoms with E-state index in [0.29, 0.717) is 14.3 Å². The molecule has 0 saturated heterocycles. The number of phenols is 1. The van der Waals surface area contributed by atoms with Gasteiger partial charge in [0.15, 0.2) is 0 Å². The van der Waals surface area contributed by atoms with Crippen molar-refractivity contribution >= 4 is 13.9 Å². The first-order valence-electron chi connectivity index (χ1n) is 9.84. The van der Waals surface area contributed by atoms with Crippen molar-refractivity contribution in [1.82, 2.24) is 0 Å². The largest absolute Gasteiger partial charge is 0.508 e. The van der Waals surface area contributed by atoms with Crippen LogP contribution in [0.15, 0.2) is 72.8 Å². The van der Waals surface area contributed by atoms with Crippen LogP contribution >= 0.6 is 8.58 Å². The second kappa shape index (κ2) is 8.90. The zero-order valence-corrected chi connectivity index (χ0v) is 17.8. The normalized spacial score (nSPS) is 14.9. The lowest BCUT2D eigenvalue weighted by Crippen LogP contribution is -2.21. The Hall–Kier alpha value is -2.15. The Morgan fingerprint density at radius 3 is 2.29 bits per heavy atom. The fraction of sp³-hybridized carbons (Fsp3) is 0.280. The van der Waals surface area contributed by atoms with Gasteiger partial charge in [0.1, 0.15) is 5.75 Å². The Labute approximate surface area is 170 Å². The summed E-state index contributed by atoms with van der Waals surface area (Å²) in [7, 11) is 0.458. The molecule has 0 radical (unpaired) electrons. The van der Waals surface area contributed by atoms with Gasteiger partial charge in [-0.15, -0.1) is 0 Å². The monoisotopic (exact) mass is 392 g/mol. The average Bonchev–Trinajstić information content (AvgIpc) is 2.70. The minimum Gasteiger partial charge on any atom is -0.508 e. The fourth-order valence-corrected chi connectivity index (χ4v) is 5.31. The second-order valence-electron chi connectivity index (χ2n) is 7.59. The van der Waals surface area contributed by atoms with Crippen LogP contribution in [0.3, 0.4) is 0 Å². The highest BCUT2D eigenvalue weighted by Crippen LogP contribution is 2.48. The van der Waals surface area contributed by atoms with Crippen molar-refractivity contribution in [1.29, 1.82) is 0 Å². The maximum atomic E-state index is 10.7. The molecule has 0 heterocycles. The molecule has 0 fully saturated rings. The minimum absolute atomic E-state index is 0.193. The molecule has 0 aliphatic rings. The third-order valence-corrected chi connectivity index (χ3v) is 7.33. The van der Waals surface area contributed by atoms with Crippen LogP contribution in [0.4, 0.5) is 0 Å². The summed E-state index contributed by atoms with van der Waals surface area (Å²) in [6.07, 6.45) is 1.26. The van der Waals surface area contributed by atoms with Crippen LogP contribution in [0.2, 0.25) is 0 Å². The van der Waals surface area contributed by atoms with Crippen LogP contribution in [0, 0.1) is 0 Å². The molecule has 3 aromatic carbocycles. The highest BCUT2D eigenvalue weighted by Gasteiger charge is 2.29. The van der Waals surface area contributed by atoms with Gasteiger partial charge in [0.25, 0.3) is 0 Å². The van der Waals surface area contributed by atoms with Gasteiger partial charge in [-0.2, -0.15) is 0 Å². The van der Waals surface area contributed by atoms with Crippen LogP contribution in [0.25, 0.3) is 0 Å². The van der Waals surface area contributed by atoms with Crippen molar-refractivity contribution in [3.63, 3.8) is 0 Å². The van der Waals surface area contributed by atoms with Gasteiger partial charge in [-0.05, 0) is 47.8 Å². The summed E-state index contributed by atoms with van der Waals surface area (Å²) in [5, 5.41) is 21.8. The lowest BCUT2D eigenvalue weighted by Gasteiger charge is -2.31. The zero-order valence-electron chi connectivity index (χ0n) is 16.8. The van der Waals surface area contributed by atoms with Gasteiger partial charge in [-0.3, -0.25) is 0 Å². The van der Waals surface area contributed by atoms with Gasteiger partial charge in [-0.1, -0.05) is 89.2 Å². The molecule has 3 atom stereocenters. The summed E-state index contributed by atoms with van der Waals surface area (Å²) in [5.41, 5.74) is 4.43. The average molecular weight is 392 g/mol. The first-order chi connectivity index (χ1) is 13.4. The van der Waals surface area contributed by atoms with E-state index in [1.807, 2.05) is 43.3 Å². The molecule has 0 bridgehead atoms. The van der Waals surface area contributed by atoms with E-state index >= 15 is 0 Å². The molecule has 28 heavy (non-hydrogen) atoms. The predicted octanol–water partition coefficient (Wildman–Crippen LogP) is 5.67. The van der Waals surface area contributed by atoms with Gasteiger partial charge in [0.05, 0.1) is 6.10 Å². The molecule has 2 N–H and O–H groups in total. The number of aliphatic hydroxyl groups excluding tert-OH is 1. The van der Waals surface area contributed by atoms with Crippen LogP contribution in [0.5, 0.6) is 5.75 Å². The first-order valence-corrected chi connectivity index (χ1v) is 10.8. The molecule has 0 aliphatic carbocycles. The summed E-state index contributed by atoms with van der Waals surface area (Å²) >= 11 is 0. The molecule has 3 rings (SSSR count). The predicted molar refractivity (Wildman–Crippen MR) is 120 cm³/mol. The molecular formula is C25H29O2P. The molecule has 2 nitrogen and oxygen atoms in total. The lowest BCUT2D eigenvalue weighted by molar-refractivity contribution is 0.200. The van der Waals surface area contributed by atoms with Crippen LogP contribution in [-0.2, 0) is 11.6 Å². The SMILES string of the molecule is CCC(C)(Pc1ccccc1C(C)O)c1cc(Cc2ccccc2)ccc1O. The van der Waals surface area contributed by atoms with E-state index in [2.05, 4.69) is 50.2 Å². The Morgan fingerprint density at radius 2 is 1.61 bits per heavy atom. The van der Waals surface area contributed by atoms with Gasteiger partial charge in [0.2, 0.25) is 0 Å². The molecule has 0 aliphatic heterocycles. The number of hydrogen-bond donors (Lipinski definition) is 2. The van der Waals surface area contributed by atoms with Gasteiger partial charge in [0, 0.05) is 10.7 Å². The van der Waals surface area contributed by atoms with Crippen molar-refractivity contribution in [3.8, 4) is 5.75 Å². The fourth-order valence-electron chi connectivity index (χ4n) is 3.59. The van der Waals surface area contributed by atoms with Gasteiger partial charge in [-0.25, -0.2) is 0 Å². The molecule has 0 amide bonds. The number of phenolic OH excluding ortho intramolecular Hbond substituents is 1. The Bertz CT molecular complexity index is 921. The van der Waals surface area contributed by atoms with Gasteiger partial charge >= 0.3 is 0 Å². The summed E-state index contributed by atoms with van der Waals surface area (Å²) in [5.74, 6) is 0.350. The number of rotatable bonds is 7. The van der Waals surface area contributed by atoms with E-state index in [9.17, 15) is 10.2 Å². The van der Waals surface area contributed by atoms with E-state index in [4.69, 9.17) is 0 Å². The maximum absolute atomic E-state index is 10.7. The zero-order chi connectivity index (χ0) is 20.1. The maximum Gasteiger partial charge on any atom is 0.119 e. The van der Waals surface area contributed by atoms with E-state index in [1.165, 1.54) is 11.1 Å². The quantitative estimate of drug-likeness (QED) is 0.509.